The number of hydrogen-bond donors (Lipinski definition) is 8. The largest absolute Gasteiger partial charge is 0.399 e. The lowest BCUT2D eigenvalue weighted by Crippen LogP contribution is -2.54. The predicted octanol–water partition coefficient (Wildman–Crippen LogP) is -2.84. The highest BCUT2D eigenvalue weighted by Gasteiger charge is 2.33. The van der Waals surface area contributed by atoms with Gasteiger partial charge in [0.05, 0.1) is 6.61 Å². The van der Waals surface area contributed by atoms with Gasteiger partial charge in [0.25, 0.3) is 0 Å². The zero-order valence-corrected chi connectivity index (χ0v) is 12.1. The Morgan fingerprint density at radius 3 is 2.05 bits per heavy atom. The molecule has 0 aromatic heterocycles. The number of nitrogen functional groups attached to an aromatic ring is 1. The van der Waals surface area contributed by atoms with Gasteiger partial charge in [0.1, 0.15) is 30.6 Å². The van der Waals surface area contributed by atoms with Crippen LogP contribution in [-0.4, -0.2) is 74.4 Å². The number of nitrogens with two attached hydrogens (primary N) is 1. The van der Waals surface area contributed by atoms with E-state index in [0.29, 0.717) is 18.7 Å². The van der Waals surface area contributed by atoms with E-state index in [4.69, 9.17) is 10.8 Å². The monoisotopic (exact) mass is 316 g/mol. The van der Waals surface area contributed by atoms with E-state index in [9.17, 15) is 25.5 Å². The molecule has 0 heterocycles. The van der Waals surface area contributed by atoms with Crippen LogP contribution in [0.15, 0.2) is 24.3 Å². The summed E-state index contributed by atoms with van der Waals surface area (Å²) in [6, 6.07) is 7.15. The summed E-state index contributed by atoms with van der Waals surface area (Å²) in [5.41, 5.74) is 7.18. The summed E-state index contributed by atoms with van der Waals surface area (Å²) in [7, 11) is 0. The van der Waals surface area contributed by atoms with Crippen LogP contribution in [0.4, 0.5) is 5.69 Å². The summed E-state index contributed by atoms with van der Waals surface area (Å²) in [6.07, 6.45) is -7.84. The van der Waals surface area contributed by atoms with Gasteiger partial charge in [0.2, 0.25) is 0 Å². The van der Waals surface area contributed by atoms with E-state index >= 15 is 0 Å². The fourth-order valence-electron chi connectivity index (χ4n) is 1.89. The molecule has 0 fully saturated rings. The van der Waals surface area contributed by atoms with E-state index in [1.807, 2.05) is 12.1 Å². The Kier molecular flexibility index (Phi) is 7.69. The maximum Gasteiger partial charge on any atom is 0.133 e. The third-order valence-corrected chi connectivity index (χ3v) is 3.35. The Balaban J connectivity index is 2.40. The molecule has 126 valence electrons. The van der Waals surface area contributed by atoms with Crippen molar-refractivity contribution in [1.82, 2.24) is 5.32 Å². The highest BCUT2D eigenvalue weighted by atomic mass is 16.4. The van der Waals surface area contributed by atoms with E-state index in [1.54, 1.807) is 12.1 Å². The summed E-state index contributed by atoms with van der Waals surface area (Å²) in [5.74, 6) is 0. The van der Waals surface area contributed by atoms with Crippen molar-refractivity contribution >= 4 is 5.69 Å². The van der Waals surface area contributed by atoms with Crippen molar-refractivity contribution in [3.05, 3.63) is 29.8 Å². The number of nitrogens with one attached hydrogen (secondary N) is 1. The molecular weight excluding hydrogens is 292 g/mol. The molecule has 0 saturated heterocycles. The molecule has 1 aromatic rings. The molecule has 0 radical (unpaired) electrons. The molecule has 0 bridgehead atoms. The van der Waals surface area contributed by atoms with Crippen LogP contribution in [0.25, 0.3) is 0 Å². The number of hydrogen-bond acceptors (Lipinski definition) is 8. The van der Waals surface area contributed by atoms with Crippen LogP contribution in [-0.2, 0) is 6.42 Å². The van der Waals surface area contributed by atoms with E-state index < -0.39 is 37.3 Å². The fourth-order valence-corrected chi connectivity index (χ4v) is 1.89. The highest BCUT2D eigenvalue weighted by molar-refractivity contribution is 5.39. The van der Waals surface area contributed by atoms with Crippen LogP contribution in [0.2, 0.25) is 0 Å². The SMILES string of the molecule is Nc1ccc(CCNC(O)[C@H](O)[C@H](O)[C@H](O)[C@@H](O)CO)cc1. The van der Waals surface area contributed by atoms with Gasteiger partial charge in [0.15, 0.2) is 0 Å². The van der Waals surface area contributed by atoms with E-state index in [-0.39, 0.29) is 0 Å². The first kappa shape index (κ1) is 18.8. The van der Waals surface area contributed by atoms with Gasteiger partial charge in [-0.3, -0.25) is 5.32 Å². The lowest BCUT2D eigenvalue weighted by molar-refractivity contribution is -0.144. The number of aliphatic hydroxyl groups is 6. The quantitative estimate of drug-likeness (QED) is 0.179. The van der Waals surface area contributed by atoms with Crippen LogP contribution >= 0.6 is 0 Å². The van der Waals surface area contributed by atoms with Crippen molar-refractivity contribution in [2.24, 2.45) is 0 Å². The third-order valence-electron chi connectivity index (χ3n) is 3.35. The van der Waals surface area contributed by atoms with Crippen LogP contribution in [0.1, 0.15) is 5.56 Å². The average molecular weight is 316 g/mol. The first-order valence-corrected chi connectivity index (χ1v) is 6.95. The van der Waals surface area contributed by atoms with Crippen LogP contribution in [0.5, 0.6) is 0 Å². The third kappa shape index (κ3) is 5.50. The Hall–Kier alpha value is -1.26. The molecule has 1 unspecified atom stereocenters. The smallest absolute Gasteiger partial charge is 0.133 e. The van der Waals surface area contributed by atoms with Gasteiger partial charge < -0.3 is 36.4 Å². The molecule has 1 aromatic carbocycles. The maximum absolute atomic E-state index is 9.72. The number of rotatable bonds is 9. The molecule has 0 aliphatic heterocycles. The zero-order valence-electron chi connectivity index (χ0n) is 12.1. The topological polar surface area (TPSA) is 159 Å². The molecule has 1 rings (SSSR count). The van der Waals surface area contributed by atoms with Crippen molar-refractivity contribution in [2.75, 3.05) is 18.9 Å². The van der Waals surface area contributed by atoms with Gasteiger partial charge >= 0.3 is 0 Å². The predicted molar refractivity (Wildman–Crippen MR) is 79.7 cm³/mol. The molecule has 0 saturated carbocycles. The molecule has 22 heavy (non-hydrogen) atoms. The van der Waals surface area contributed by atoms with E-state index in [0.717, 1.165) is 5.56 Å². The van der Waals surface area contributed by atoms with Crippen molar-refractivity contribution < 1.29 is 30.6 Å². The van der Waals surface area contributed by atoms with Crippen LogP contribution in [0, 0.1) is 0 Å². The Morgan fingerprint density at radius 2 is 1.50 bits per heavy atom. The summed E-state index contributed by atoms with van der Waals surface area (Å²) >= 11 is 0. The molecule has 9 N–H and O–H groups in total. The Bertz CT molecular complexity index is 430. The first-order chi connectivity index (χ1) is 10.4. The number of anilines is 1. The molecule has 0 aliphatic rings. The van der Waals surface area contributed by atoms with Crippen LogP contribution < -0.4 is 11.1 Å². The van der Waals surface area contributed by atoms with Gasteiger partial charge in [-0.05, 0) is 24.1 Å². The summed E-state index contributed by atoms with van der Waals surface area (Å²) in [6.45, 7) is -0.459. The number of aliphatic hydroxyl groups excluding tert-OH is 6. The second-order valence-corrected chi connectivity index (χ2v) is 5.11. The standard InChI is InChI=1S/C14H24N2O6/c15-9-3-1-8(2-4-9)5-6-16-14(22)13(21)12(20)11(19)10(18)7-17/h1-4,10-14,16-22H,5-7,15H2/t10-,11+,12+,13+,14?/m0/s1. The normalized spacial score (nSPS) is 18.5. The molecule has 8 heteroatoms. The fraction of sp³-hybridized carbons (Fsp3) is 0.571. The van der Waals surface area contributed by atoms with Gasteiger partial charge in [-0.2, -0.15) is 0 Å². The van der Waals surface area contributed by atoms with Crippen LogP contribution in [0.3, 0.4) is 0 Å². The van der Waals surface area contributed by atoms with Gasteiger partial charge in [0, 0.05) is 12.2 Å². The van der Waals surface area contributed by atoms with Gasteiger partial charge in [-0.1, -0.05) is 12.1 Å². The molecule has 0 spiro atoms. The van der Waals surface area contributed by atoms with Gasteiger partial charge in [-0.15, -0.1) is 0 Å². The second-order valence-electron chi connectivity index (χ2n) is 5.11. The second kappa shape index (κ2) is 9.01. The molecule has 0 aliphatic carbocycles. The zero-order chi connectivity index (χ0) is 16.7. The van der Waals surface area contributed by atoms with E-state index in [2.05, 4.69) is 5.32 Å². The number of benzene rings is 1. The summed E-state index contributed by atoms with van der Waals surface area (Å²) in [4.78, 5) is 0. The lowest BCUT2D eigenvalue weighted by Gasteiger charge is -2.28. The molecule has 5 atom stereocenters. The van der Waals surface area contributed by atoms with Crippen molar-refractivity contribution in [3.8, 4) is 0 Å². The minimum absolute atomic E-state index is 0.313. The summed E-state index contributed by atoms with van der Waals surface area (Å²) in [5, 5.41) is 59.0. The first-order valence-electron chi connectivity index (χ1n) is 6.95. The summed E-state index contributed by atoms with van der Waals surface area (Å²) < 4.78 is 0. The van der Waals surface area contributed by atoms with E-state index in [1.165, 1.54) is 0 Å². The molecular formula is C14H24N2O6. The van der Waals surface area contributed by atoms with Crippen molar-refractivity contribution in [3.63, 3.8) is 0 Å². The Labute approximate surface area is 128 Å². The van der Waals surface area contributed by atoms with Crippen molar-refractivity contribution in [1.29, 1.82) is 0 Å². The van der Waals surface area contributed by atoms with Gasteiger partial charge in [-0.25, -0.2) is 0 Å². The maximum atomic E-state index is 9.72. The molecule has 8 nitrogen and oxygen atoms in total. The molecule has 0 amide bonds. The lowest BCUT2D eigenvalue weighted by atomic mass is 10.0. The highest BCUT2D eigenvalue weighted by Crippen LogP contribution is 2.08. The minimum Gasteiger partial charge on any atom is -0.399 e. The minimum atomic E-state index is -1.80. The van der Waals surface area contributed by atoms with Crippen molar-refractivity contribution in [2.45, 2.75) is 37.1 Å². The average Bonchev–Trinajstić information content (AvgIpc) is 2.53. The Morgan fingerprint density at radius 1 is 0.909 bits per heavy atom.